The number of aliphatic hydroxyl groups is 1. The van der Waals surface area contributed by atoms with Crippen LogP contribution in [0.4, 0.5) is 9.18 Å². The van der Waals surface area contributed by atoms with E-state index < -0.39 is 29.9 Å². The van der Waals surface area contributed by atoms with Crippen molar-refractivity contribution in [2.45, 2.75) is 44.2 Å². The number of aryl methyl sites for hydroxylation is 1. The highest BCUT2D eigenvalue weighted by Crippen LogP contribution is 2.41. The van der Waals surface area contributed by atoms with Gasteiger partial charge in [-0.15, -0.1) is 0 Å². The minimum absolute atomic E-state index is 0.0403. The Labute approximate surface area is 193 Å². The van der Waals surface area contributed by atoms with E-state index in [4.69, 9.17) is 14.2 Å². The van der Waals surface area contributed by atoms with Crippen molar-refractivity contribution in [2.75, 3.05) is 33.9 Å². The molecule has 33 heavy (non-hydrogen) atoms. The molecule has 1 aliphatic rings. The van der Waals surface area contributed by atoms with Crippen LogP contribution in [-0.4, -0.2) is 67.5 Å². The average molecular weight is 462 g/mol. The van der Waals surface area contributed by atoms with E-state index in [-0.39, 0.29) is 31.7 Å². The molecule has 0 spiro atoms. The zero-order valence-corrected chi connectivity index (χ0v) is 19.3. The maximum atomic E-state index is 15.3. The number of hydrogen-bond donors (Lipinski definition) is 2. The zero-order valence-electron chi connectivity index (χ0n) is 19.3. The lowest BCUT2D eigenvalue weighted by molar-refractivity contribution is -0.164. The van der Waals surface area contributed by atoms with Crippen molar-refractivity contribution < 1.29 is 33.6 Å². The molecule has 2 atom stereocenters. The number of carbonyl (C=O) groups is 1. The minimum Gasteiger partial charge on any atom is -0.465 e. The molecule has 3 rings (SSSR count). The first-order chi connectivity index (χ1) is 15.8. The molecule has 1 aliphatic heterocycles. The van der Waals surface area contributed by atoms with Gasteiger partial charge in [0.2, 0.25) is 0 Å². The van der Waals surface area contributed by atoms with Crippen LogP contribution in [0.15, 0.2) is 42.5 Å². The molecule has 0 unspecified atom stereocenters. The fraction of sp³-hybridized carbons (Fsp3) is 0.480. The highest BCUT2D eigenvalue weighted by molar-refractivity contribution is 5.70. The monoisotopic (exact) mass is 461 g/mol. The van der Waals surface area contributed by atoms with E-state index in [1.807, 2.05) is 25.1 Å². The smallest absolute Gasteiger partial charge is 0.407 e. The van der Waals surface area contributed by atoms with Gasteiger partial charge in [-0.25, -0.2) is 9.18 Å². The van der Waals surface area contributed by atoms with Gasteiger partial charge in [0.05, 0.1) is 13.2 Å². The summed E-state index contributed by atoms with van der Waals surface area (Å²) in [5, 5.41) is 21.6. The van der Waals surface area contributed by atoms with Crippen molar-refractivity contribution in [1.82, 2.24) is 4.90 Å². The molecule has 1 heterocycles. The predicted octanol–water partition coefficient (Wildman–Crippen LogP) is 4.02. The highest BCUT2D eigenvalue weighted by Gasteiger charge is 2.45. The summed E-state index contributed by atoms with van der Waals surface area (Å²) in [5.41, 5.74) is 0.608. The number of benzene rings is 2. The molecule has 1 amide bonds. The maximum absolute atomic E-state index is 15.3. The fourth-order valence-corrected chi connectivity index (χ4v) is 4.38. The summed E-state index contributed by atoms with van der Waals surface area (Å²) >= 11 is 0. The van der Waals surface area contributed by atoms with Gasteiger partial charge in [0, 0.05) is 32.7 Å². The molecule has 1 fully saturated rings. The van der Waals surface area contributed by atoms with Gasteiger partial charge in [0.1, 0.15) is 17.5 Å². The van der Waals surface area contributed by atoms with Gasteiger partial charge in [0.15, 0.2) is 6.29 Å². The van der Waals surface area contributed by atoms with Crippen LogP contribution in [0.3, 0.4) is 0 Å². The predicted molar refractivity (Wildman–Crippen MR) is 121 cm³/mol. The Morgan fingerprint density at radius 3 is 2.67 bits per heavy atom. The Bertz CT molecular complexity index is 950. The second-order valence-electron chi connectivity index (χ2n) is 8.17. The van der Waals surface area contributed by atoms with Crippen molar-refractivity contribution in [3.63, 3.8) is 0 Å². The largest absolute Gasteiger partial charge is 0.465 e. The summed E-state index contributed by atoms with van der Waals surface area (Å²) in [5.74, 6) is -0.472. The van der Waals surface area contributed by atoms with Gasteiger partial charge >= 0.3 is 6.09 Å². The molecular formula is C25H32FNO6. The SMILES string of the molecule is CCc1cccc(-c2c(F)cccc2[C@](O)(CCC(OC)OC)[C@H]2CN(C(=O)O)CCO2)c1. The van der Waals surface area contributed by atoms with E-state index in [2.05, 4.69) is 0 Å². The van der Waals surface area contributed by atoms with E-state index in [0.717, 1.165) is 12.0 Å². The summed E-state index contributed by atoms with van der Waals surface area (Å²) in [6.07, 6.45) is -1.39. The highest BCUT2D eigenvalue weighted by atomic mass is 19.1. The quantitative estimate of drug-likeness (QED) is 0.549. The van der Waals surface area contributed by atoms with Gasteiger partial charge < -0.3 is 29.3 Å². The molecule has 0 radical (unpaired) electrons. The van der Waals surface area contributed by atoms with Crippen LogP contribution in [0.5, 0.6) is 0 Å². The second-order valence-corrected chi connectivity index (χ2v) is 8.17. The molecule has 0 saturated carbocycles. The van der Waals surface area contributed by atoms with E-state index in [1.54, 1.807) is 18.2 Å². The molecule has 2 N–H and O–H groups in total. The third kappa shape index (κ3) is 5.52. The Hall–Kier alpha value is -2.52. The van der Waals surface area contributed by atoms with Crippen molar-refractivity contribution in [3.8, 4) is 11.1 Å². The lowest BCUT2D eigenvalue weighted by Crippen LogP contribution is -2.54. The van der Waals surface area contributed by atoms with Crippen molar-refractivity contribution >= 4 is 6.09 Å². The first-order valence-electron chi connectivity index (χ1n) is 11.1. The third-order valence-corrected chi connectivity index (χ3v) is 6.26. The summed E-state index contributed by atoms with van der Waals surface area (Å²) in [4.78, 5) is 12.8. The number of nitrogens with zero attached hydrogens (tertiary/aromatic N) is 1. The molecule has 180 valence electrons. The van der Waals surface area contributed by atoms with Gasteiger partial charge in [0.25, 0.3) is 0 Å². The summed E-state index contributed by atoms with van der Waals surface area (Å²) in [6, 6.07) is 12.1. The third-order valence-electron chi connectivity index (χ3n) is 6.26. The first kappa shape index (κ1) is 25.1. The summed E-state index contributed by atoms with van der Waals surface area (Å²) in [6.45, 7) is 2.31. The van der Waals surface area contributed by atoms with Crippen molar-refractivity contribution in [3.05, 3.63) is 59.4 Å². The average Bonchev–Trinajstić information content (AvgIpc) is 2.84. The molecule has 7 nitrogen and oxygen atoms in total. The Kier molecular flexibility index (Phi) is 8.42. The lowest BCUT2D eigenvalue weighted by Gasteiger charge is -2.42. The van der Waals surface area contributed by atoms with Crippen LogP contribution in [0, 0.1) is 5.82 Å². The molecule has 0 bridgehead atoms. The van der Waals surface area contributed by atoms with E-state index in [9.17, 15) is 15.0 Å². The minimum atomic E-state index is -1.69. The standard InChI is InChI=1S/C25H32FNO6/c1-4-17-7-5-8-18(15-17)23-19(9-6-10-20(23)26)25(30,12-11-22(31-2)32-3)21-16-27(24(28)29)13-14-33-21/h5-10,15,21-22,30H,4,11-14,16H2,1-3H3,(H,28,29)/t21-,25-/m1/s1. The van der Waals surface area contributed by atoms with Gasteiger partial charge in [-0.2, -0.15) is 0 Å². The molecular weight excluding hydrogens is 429 g/mol. The van der Waals surface area contributed by atoms with Crippen molar-refractivity contribution in [2.24, 2.45) is 0 Å². The number of carboxylic acid groups (broad SMARTS) is 1. The molecule has 0 aliphatic carbocycles. The van der Waals surface area contributed by atoms with E-state index in [1.165, 1.54) is 25.2 Å². The van der Waals surface area contributed by atoms with Crippen LogP contribution in [0.1, 0.15) is 30.9 Å². The van der Waals surface area contributed by atoms with Crippen LogP contribution < -0.4 is 0 Å². The Morgan fingerprint density at radius 2 is 2.00 bits per heavy atom. The zero-order chi connectivity index (χ0) is 24.0. The number of methoxy groups -OCH3 is 2. The van der Waals surface area contributed by atoms with E-state index >= 15 is 4.39 Å². The number of halogens is 1. The lowest BCUT2D eigenvalue weighted by atomic mass is 9.79. The molecule has 2 aromatic rings. The van der Waals surface area contributed by atoms with Gasteiger partial charge in [-0.05, 0) is 35.6 Å². The number of morpholine rings is 1. The summed E-state index contributed by atoms with van der Waals surface area (Å²) < 4.78 is 31.8. The van der Waals surface area contributed by atoms with E-state index in [0.29, 0.717) is 17.5 Å². The van der Waals surface area contributed by atoms with Crippen LogP contribution in [-0.2, 0) is 26.2 Å². The topological polar surface area (TPSA) is 88.5 Å². The fourth-order valence-electron chi connectivity index (χ4n) is 4.38. The number of ether oxygens (including phenoxy) is 3. The normalized spacial score (nSPS) is 18.4. The van der Waals surface area contributed by atoms with Crippen LogP contribution in [0.2, 0.25) is 0 Å². The maximum Gasteiger partial charge on any atom is 0.407 e. The first-order valence-corrected chi connectivity index (χ1v) is 11.1. The number of amides is 1. The number of hydrogen-bond acceptors (Lipinski definition) is 5. The Morgan fingerprint density at radius 1 is 1.27 bits per heavy atom. The van der Waals surface area contributed by atoms with Crippen LogP contribution in [0.25, 0.3) is 11.1 Å². The summed E-state index contributed by atoms with van der Waals surface area (Å²) in [7, 11) is 3.00. The number of rotatable bonds is 9. The second kappa shape index (κ2) is 11.1. The Balaban J connectivity index is 2.12. The van der Waals surface area contributed by atoms with Crippen LogP contribution >= 0.6 is 0 Å². The van der Waals surface area contributed by atoms with Crippen molar-refractivity contribution in [1.29, 1.82) is 0 Å². The molecule has 8 heteroatoms. The van der Waals surface area contributed by atoms with Gasteiger partial charge in [-0.3, -0.25) is 0 Å². The molecule has 2 aromatic carbocycles. The molecule has 0 aromatic heterocycles. The molecule has 1 saturated heterocycles. The van der Waals surface area contributed by atoms with Gasteiger partial charge in [-0.1, -0.05) is 43.3 Å².